The van der Waals surface area contributed by atoms with Crippen LogP contribution in [0.5, 0.6) is 0 Å². The molecule has 2 unspecified atom stereocenters. The maximum Gasteiger partial charge on any atom is 0.135 e. The summed E-state index contributed by atoms with van der Waals surface area (Å²) in [5.74, 6) is 3.85. The average Bonchev–Trinajstić information content (AvgIpc) is 2.80. The molecule has 0 saturated carbocycles. The van der Waals surface area contributed by atoms with Crippen LogP contribution in [0.2, 0.25) is 0 Å². The topological polar surface area (TPSA) is 44.3 Å². The first-order chi connectivity index (χ1) is 9.42. The highest BCUT2D eigenvalue weighted by atomic mass is 15.3. The molecule has 0 spiro atoms. The van der Waals surface area contributed by atoms with Gasteiger partial charge in [0, 0.05) is 38.2 Å². The monoisotopic (exact) mass is 277 g/mol. The summed E-state index contributed by atoms with van der Waals surface area (Å²) in [6, 6.07) is 2.64. The normalized spacial score (nSPS) is 22.9. The molecule has 1 aromatic heterocycles. The standard InChI is InChI=1S/C15H27N5/c1-10(2)15-17-13(16-4)7-14(18-15)20-8-11(3)12(9-20)19(5)6/h7,10-12H,8-9H2,1-6H3,(H,16,17,18). The molecule has 1 aromatic rings. The van der Waals surface area contributed by atoms with Gasteiger partial charge in [-0.25, -0.2) is 9.97 Å². The molecule has 1 saturated heterocycles. The summed E-state index contributed by atoms with van der Waals surface area (Å²) in [6.45, 7) is 8.67. The van der Waals surface area contributed by atoms with Crippen LogP contribution in [0.15, 0.2) is 6.07 Å². The number of hydrogen-bond donors (Lipinski definition) is 1. The third-order valence-corrected chi connectivity index (χ3v) is 4.06. The van der Waals surface area contributed by atoms with Gasteiger partial charge in [0.15, 0.2) is 0 Å². The molecule has 0 radical (unpaired) electrons. The highest BCUT2D eigenvalue weighted by molar-refractivity contribution is 5.50. The minimum absolute atomic E-state index is 0.340. The summed E-state index contributed by atoms with van der Waals surface area (Å²) in [5.41, 5.74) is 0. The largest absolute Gasteiger partial charge is 0.373 e. The summed E-state index contributed by atoms with van der Waals surface area (Å²) in [6.07, 6.45) is 0. The zero-order valence-electron chi connectivity index (χ0n) is 13.5. The van der Waals surface area contributed by atoms with Gasteiger partial charge in [-0.2, -0.15) is 0 Å². The summed E-state index contributed by atoms with van der Waals surface area (Å²) in [5, 5.41) is 3.14. The van der Waals surface area contributed by atoms with Gasteiger partial charge >= 0.3 is 0 Å². The van der Waals surface area contributed by atoms with E-state index in [0.717, 1.165) is 30.5 Å². The number of likely N-dealkylation sites (N-methyl/N-ethyl adjacent to an activating group) is 1. The third-order valence-electron chi connectivity index (χ3n) is 4.06. The van der Waals surface area contributed by atoms with Crippen molar-refractivity contribution < 1.29 is 0 Å². The van der Waals surface area contributed by atoms with Gasteiger partial charge in [0.25, 0.3) is 0 Å². The Kier molecular flexibility index (Phi) is 4.48. The van der Waals surface area contributed by atoms with Crippen molar-refractivity contribution in [2.45, 2.75) is 32.7 Å². The van der Waals surface area contributed by atoms with Crippen molar-refractivity contribution in [2.24, 2.45) is 5.92 Å². The fourth-order valence-corrected chi connectivity index (χ4v) is 2.81. The number of aromatic nitrogens is 2. The Bertz CT molecular complexity index is 458. The first-order valence-electron chi connectivity index (χ1n) is 7.40. The van der Waals surface area contributed by atoms with Crippen molar-refractivity contribution in [2.75, 3.05) is 44.4 Å². The molecule has 0 amide bonds. The molecule has 1 aliphatic rings. The minimum Gasteiger partial charge on any atom is -0.373 e. The van der Waals surface area contributed by atoms with E-state index in [2.05, 4.69) is 61.0 Å². The first-order valence-corrected chi connectivity index (χ1v) is 7.40. The molecular formula is C15H27N5. The van der Waals surface area contributed by atoms with Gasteiger partial charge in [0.05, 0.1) is 0 Å². The van der Waals surface area contributed by atoms with Crippen molar-refractivity contribution in [1.82, 2.24) is 14.9 Å². The first kappa shape index (κ1) is 15.0. The number of anilines is 2. The molecule has 0 aromatic carbocycles. The lowest BCUT2D eigenvalue weighted by atomic mass is 10.1. The van der Waals surface area contributed by atoms with Crippen molar-refractivity contribution in [3.05, 3.63) is 11.9 Å². The van der Waals surface area contributed by atoms with E-state index in [4.69, 9.17) is 4.98 Å². The Morgan fingerprint density at radius 1 is 1.30 bits per heavy atom. The molecule has 2 atom stereocenters. The Morgan fingerprint density at radius 3 is 2.50 bits per heavy atom. The van der Waals surface area contributed by atoms with E-state index < -0.39 is 0 Å². The van der Waals surface area contributed by atoms with Crippen LogP contribution in [-0.4, -0.2) is 55.1 Å². The van der Waals surface area contributed by atoms with E-state index in [0.29, 0.717) is 17.9 Å². The summed E-state index contributed by atoms with van der Waals surface area (Å²) < 4.78 is 0. The average molecular weight is 277 g/mol. The smallest absolute Gasteiger partial charge is 0.135 e. The quantitative estimate of drug-likeness (QED) is 0.912. The summed E-state index contributed by atoms with van der Waals surface area (Å²) in [7, 11) is 6.22. The Morgan fingerprint density at radius 2 is 2.00 bits per heavy atom. The van der Waals surface area contributed by atoms with E-state index in [1.807, 2.05) is 7.05 Å². The van der Waals surface area contributed by atoms with Gasteiger partial charge in [-0.15, -0.1) is 0 Å². The number of nitrogens with zero attached hydrogens (tertiary/aromatic N) is 4. The molecule has 0 bridgehead atoms. The fourth-order valence-electron chi connectivity index (χ4n) is 2.81. The van der Waals surface area contributed by atoms with Crippen LogP contribution < -0.4 is 10.2 Å². The molecule has 5 nitrogen and oxygen atoms in total. The Labute approximate surface area is 122 Å². The molecule has 2 rings (SSSR count). The van der Waals surface area contributed by atoms with E-state index >= 15 is 0 Å². The van der Waals surface area contributed by atoms with Gasteiger partial charge in [-0.1, -0.05) is 20.8 Å². The zero-order valence-corrected chi connectivity index (χ0v) is 13.5. The van der Waals surface area contributed by atoms with Gasteiger partial charge in [0.1, 0.15) is 17.5 Å². The number of hydrogen-bond acceptors (Lipinski definition) is 5. The van der Waals surface area contributed by atoms with Gasteiger partial charge in [0.2, 0.25) is 0 Å². The third kappa shape index (κ3) is 3.03. The molecule has 20 heavy (non-hydrogen) atoms. The summed E-state index contributed by atoms with van der Waals surface area (Å²) >= 11 is 0. The van der Waals surface area contributed by atoms with Crippen molar-refractivity contribution in [3.63, 3.8) is 0 Å². The van der Waals surface area contributed by atoms with Crippen LogP contribution in [0, 0.1) is 5.92 Å². The van der Waals surface area contributed by atoms with E-state index in [9.17, 15) is 0 Å². The van der Waals surface area contributed by atoms with E-state index in [1.165, 1.54) is 0 Å². The SMILES string of the molecule is CNc1cc(N2CC(C)C(N(C)C)C2)nc(C(C)C)n1. The molecule has 112 valence electrons. The minimum atomic E-state index is 0.340. The number of nitrogens with one attached hydrogen (secondary N) is 1. The fraction of sp³-hybridized carbons (Fsp3) is 0.733. The van der Waals surface area contributed by atoms with Gasteiger partial charge in [-0.3, -0.25) is 0 Å². The lowest BCUT2D eigenvalue weighted by Gasteiger charge is -2.23. The van der Waals surface area contributed by atoms with Crippen molar-refractivity contribution >= 4 is 11.6 Å². The predicted octanol–water partition coefficient (Wildman–Crippen LogP) is 2.03. The highest BCUT2D eigenvalue weighted by Gasteiger charge is 2.32. The maximum atomic E-state index is 4.75. The highest BCUT2D eigenvalue weighted by Crippen LogP contribution is 2.27. The Balaban J connectivity index is 2.27. The molecule has 1 aliphatic heterocycles. The van der Waals surface area contributed by atoms with Crippen LogP contribution in [0.25, 0.3) is 0 Å². The molecular weight excluding hydrogens is 250 g/mol. The van der Waals surface area contributed by atoms with E-state index in [1.54, 1.807) is 0 Å². The van der Waals surface area contributed by atoms with Crippen molar-refractivity contribution in [3.8, 4) is 0 Å². The second-order valence-corrected chi connectivity index (χ2v) is 6.29. The summed E-state index contributed by atoms with van der Waals surface area (Å²) in [4.78, 5) is 14.0. The van der Waals surface area contributed by atoms with Crippen LogP contribution in [0.3, 0.4) is 0 Å². The molecule has 1 N–H and O–H groups in total. The molecule has 1 fully saturated rings. The van der Waals surface area contributed by atoms with Crippen LogP contribution in [0.4, 0.5) is 11.6 Å². The Hall–Kier alpha value is -1.36. The van der Waals surface area contributed by atoms with Crippen LogP contribution in [0.1, 0.15) is 32.5 Å². The van der Waals surface area contributed by atoms with Crippen molar-refractivity contribution in [1.29, 1.82) is 0 Å². The predicted molar refractivity (Wildman–Crippen MR) is 84.5 cm³/mol. The molecule has 0 aliphatic carbocycles. The van der Waals surface area contributed by atoms with E-state index in [-0.39, 0.29) is 0 Å². The lowest BCUT2D eigenvalue weighted by molar-refractivity contribution is 0.266. The second kappa shape index (κ2) is 5.95. The number of rotatable bonds is 4. The van der Waals surface area contributed by atoms with Crippen LogP contribution >= 0.6 is 0 Å². The van der Waals surface area contributed by atoms with Gasteiger partial charge < -0.3 is 15.1 Å². The molecule has 5 heteroatoms. The van der Waals surface area contributed by atoms with Crippen LogP contribution in [-0.2, 0) is 0 Å². The zero-order chi connectivity index (χ0) is 14.9. The second-order valence-electron chi connectivity index (χ2n) is 6.29. The molecule has 2 heterocycles. The lowest BCUT2D eigenvalue weighted by Crippen LogP contribution is -2.34. The maximum absolute atomic E-state index is 4.75. The van der Waals surface area contributed by atoms with Gasteiger partial charge in [-0.05, 0) is 20.0 Å².